The van der Waals surface area contributed by atoms with Gasteiger partial charge < -0.3 is 4.74 Å². The quantitative estimate of drug-likeness (QED) is 0.825. The molecular formula is C16H14FNO. The Labute approximate surface area is 112 Å². The van der Waals surface area contributed by atoms with Gasteiger partial charge in [0.05, 0.1) is 17.7 Å². The first kappa shape index (κ1) is 13.1. The standard InChI is InChI=1S/C16H14FNO/c1-11(2)19-16-8-7-12(10-18)9-14(16)13-5-3-4-6-15(13)17/h3-9,11H,1-2H3. The highest BCUT2D eigenvalue weighted by molar-refractivity contribution is 5.72. The number of rotatable bonds is 3. The first-order chi connectivity index (χ1) is 9.11. The topological polar surface area (TPSA) is 33.0 Å². The lowest BCUT2D eigenvalue weighted by Gasteiger charge is -2.15. The van der Waals surface area contributed by atoms with Crippen LogP contribution in [0, 0.1) is 17.1 Å². The minimum absolute atomic E-state index is 0.0153. The maximum Gasteiger partial charge on any atom is 0.131 e. The lowest BCUT2D eigenvalue weighted by molar-refractivity contribution is 0.243. The van der Waals surface area contributed by atoms with Crippen LogP contribution in [-0.4, -0.2) is 6.10 Å². The Bertz CT molecular complexity index is 629. The summed E-state index contributed by atoms with van der Waals surface area (Å²) in [5.41, 5.74) is 1.52. The van der Waals surface area contributed by atoms with Crippen molar-refractivity contribution in [2.24, 2.45) is 0 Å². The molecule has 3 heteroatoms. The molecule has 0 saturated carbocycles. The molecule has 0 aliphatic rings. The minimum Gasteiger partial charge on any atom is -0.490 e. The highest BCUT2D eigenvalue weighted by atomic mass is 19.1. The summed E-state index contributed by atoms with van der Waals surface area (Å²) in [5, 5.41) is 8.97. The second kappa shape index (κ2) is 5.53. The first-order valence-corrected chi connectivity index (χ1v) is 6.07. The van der Waals surface area contributed by atoms with Crippen LogP contribution in [0.5, 0.6) is 5.75 Å². The number of hydrogen-bond acceptors (Lipinski definition) is 2. The molecule has 2 aromatic rings. The molecule has 0 aromatic heterocycles. The number of ether oxygens (including phenoxy) is 1. The summed E-state index contributed by atoms with van der Waals surface area (Å²) in [6.45, 7) is 3.81. The third-order valence-corrected chi connectivity index (χ3v) is 2.64. The van der Waals surface area contributed by atoms with Crippen LogP contribution in [0.4, 0.5) is 4.39 Å². The molecule has 0 radical (unpaired) electrons. The van der Waals surface area contributed by atoms with Crippen LogP contribution in [0.2, 0.25) is 0 Å². The molecule has 0 unspecified atom stereocenters. The van der Waals surface area contributed by atoms with Crippen molar-refractivity contribution in [2.45, 2.75) is 20.0 Å². The Morgan fingerprint density at radius 2 is 1.84 bits per heavy atom. The third-order valence-electron chi connectivity index (χ3n) is 2.64. The summed E-state index contributed by atoms with van der Waals surface area (Å²) in [6.07, 6.45) is -0.0153. The molecular weight excluding hydrogens is 241 g/mol. The van der Waals surface area contributed by atoms with Crippen molar-refractivity contribution in [1.82, 2.24) is 0 Å². The molecule has 2 rings (SSSR count). The van der Waals surface area contributed by atoms with Gasteiger partial charge in [-0.05, 0) is 38.1 Å². The molecule has 2 nitrogen and oxygen atoms in total. The summed E-state index contributed by atoms with van der Waals surface area (Å²) in [7, 11) is 0. The van der Waals surface area contributed by atoms with Crippen molar-refractivity contribution in [1.29, 1.82) is 5.26 Å². The fourth-order valence-electron chi connectivity index (χ4n) is 1.85. The van der Waals surface area contributed by atoms with E-state index in [1.54, 1.807) is 36.4 Å². The molecule has 2 aromatic carbocycles. The molecule has 0 fully saturated rings. The summed E-state index contributed by atoms with van der Waals surface area (Å²) in [5.74, 6) is 0.255. The van der Waals surface area contributed by atoms with Gasteiger partial charge in [0.25, 0.3) is 0 Å². The van der Waals surface area contributed by atoms with Crippen LogP contribution in [-0.2, 0) is 0 Å². The van der Waals surface area contributed by atoms with E-state index in [9.17, 15) is 4.39 Å². The third kappa shape index (κ3) is 2.92. The molecule has 0 spiro atoms. The summed E-state index contributed by atoms with van der Waals surface area (Å²) in [6, 6.07) is 13.6. The van der Waals surface area contributed by atoms with Gasteiger partial charge in [0.15, 0.2) is 0 Å². The largest absolute Gasteiger partial charge is 0.490 e. The van der Waals surface area contributed by atoms with E-state index in [1.807, 2.05) is 13.8 Å². The lowest BCUT2D eigenvalue weighted by Crippen LogP contribution is -2.06. The van der Waals surface area contributed by atoms with Gasteiger partial charge in [0, 0.05) is 11.1 Å². The van der Waals surface area contributed by atoms with Crippen molar-refractivity contribution in [3.63, 3.8) is 0 Å². The lowest BCUT2D eigenvalue weighted by atomic mass is 10.0. The van der Waals surface area contributed by atoms with E-state index in [-0.39, 0.29) is 11.9 Å². The van der Waals surface area contributed by atoms with E-state index in [0.717, 1.165) is 0 Å². The molecule has 0 atom stereocenters. The summed E-state index contributed by atoms with van der Waals surface area (Å²) in [4.78, 5) is 0. The van der Waals surface area contributed by atoms with E-state index in [1.165, 1.54) is 6.07 Å². The zero-order valence-corrected chi connectivity index (χ0v) is 10.9. The normalized spacial score (nSPS) is 10.3. The van der Waals surface area contributed by atoms with E-state index >= 15 is 0 Å². The average molecular weight is 255 g/mol. The molecule has 0 aliphatic heterocycles. The highest BCUT2D eigenvalue weighted by Gasteiger charge is 2.12. The highest BCUT2D eigenvalue weighted by Crippen LogP contribution is 2.33. The fourth-order valence-corrected chi connectivity index (χ4v) is 1.85. The zero-order chi connectivity index (χ0) is 13.8. The summed E-state index contributed by atoms with van der Waals surface area (Å²) < 4.78 is 19.6. The molecule has 0 aliphatic carbocycles. The van der Waals surface area contributed by atoms with E-state index < -0.39 is 0 Å². The second-order valence-corrected chi connectivity index (χ2v) is 4.47. The van der Waals surface area contributed by atoms with Gasteiger partial charge in [0.2, 0.25) is 0 Å². The van der Waals surface area contributed by atoms with Gasteiger partial charge >= 0.3 is 0 Å². The number of halogens is 1. The molecule has 19 heavy (non-hydrogen) atoms. The van der Waals surface area contributed by atoms with Gasteiger partial charge in [-0.1, -0.05) is 18.2 Å². The monoisotopic (exact) mass is 255 g/mol. The van der Waals surface area contributed by atoms with Gasteiger partial charge in [-0.15, -0.1) is 0 Å². The Kier molecular flexibility index (Phi) is 3.82. The van der Waals surface area contributed by atoms with Gasteiger partial charge in [0.1, 0.15) is 11.6 Å². The van der Waals surface area contributed by atoms with E-state index in [4.69, 9.17) is 10.00 Å². The average Bonchev–Trinajstić information content (AvgIpc) is 2.39. The van der Waals surface area contributed by atoms with E-state index in [0.29, 0.717) is 22.4 Å². The minimum atomic E-state index is -0.328. The predicted molar refractivity (Wildman–Crippen MR) is 72.3 cm³/mol. The molecule has 0 N–H and O–H groups in total. The number of nitrogens with zero attached hydrogens (tertiary/aromatic N) is 1. The predicted octanol–water partition coefficient (Wildman–Crippen LogP) is 4.15. The van der Waals surface area contributed by atoms with Gasteiger partial charge in [-0.3, -0.25) is 0 Å². The smallest absolute Gasteiger partial charge is 0.131 e. The SMILES string of the molecule is CC(C)Oc1ccc(C#N)cc1-c1ccccc1F. The van der Waals surface area contributed by atoms with Crippen molar-refractivity contribution >= 4 is 0 Å². The van der Waals surface area contributed by atoms with Crippen molar-refractivity contribution in [2.75, 3.05) is 0 Å². The summed E-state index contributed by atoms with van der Waals surface area (Å²) >= 11 is 0. The van der Waals surface area contributed by atoms with Crippen LogP contribution in [0.1, 0.15) is 19.4 Å². The fraction of sp³-hybridized carbons (Fsp3) is 0.188. The number of benzene rings is 2. The Morgan fingerprint density at radius 3 is 2.47 bits per heavy atom. The molecule has 0 heterocycles. The Morgan fingerprint density at radius 1 is 1.11 bits per heavy atom. The van der Waals surface area contributed by atoms with Crippen molar-refractivity contribution in [3.8, 4) is 22.9 Å². The Balaban J connectivity index is 2.59. The molecule has 0 bridgehead atoms. The zero-order valence-electron chi connectivity index (χ0n) is 10.9. The maximum atomic E-state index is 13.9. The van der Waals surface area contributed by atoms with E-state index in [2.05, 4.69) is 6.07 Å². The molecule has 0 amide bonds. The number of hydrogen-bond donors (Lipinski definition) is 0. The van der Waals surface area contributed by atoms with Crippen LogP contribution in [0.15, 0.2) is 42.5 Å². The van der Waals surface area contributed by atoms with Crippen LogP contribution in [0.25, 0.3) is 11.1 Å². The van der Waals surface area contributed by atoms with Gasteiger partial charge in [-0.25, -0.2) is 4.39 Å². The molecule has 96 valence electrons. The Hall–Kier alpha value is -2.34. The second-order valence-electron chi connectivity index (χ2n) is 4.47. The van der Waals surface area contributed by atoms with Crippen molar-refractivity contribution < 1.29 is 9.13 Å². The van der Waals surface area contributed by atoms with Crippen LogP contribution >= 0.6 is 0 Å². The molecule has 0 saturated heterocycles. The van der Waals surface area contributed by atoms with Crippen molar-refractivity contribution in [3.05, 3.63) is 53.8 Å². The van der Waals surface area contributed by atoms with Gasteiger partial charge in [-0.2, -0.15) is 5.26 Å². The number of nitriles is 1. The van der Waals surface area contributed by atoms with Crippen LogP contribution < -0.4 is 4.74 Å². The first-order valence-electron chi connectivity index (χ1n) is 6.07. The maximum absolute atomic E-state index is 13.9. The van der Waals surface area contributed by atoms with Crippen LogP contribution in [0.3, 0.4) is 0 Å².